The van der Waals surface area contributed by atoms with Gasteiger partial charge in [-0.2, -0.15) is 0 Å². The van der Waals surface area contributed by atoms with Crippen LogP contribution in [0.15, 0.2) is 66.3 Å². The summed E-state index contributed by atoms with van der Waals surface area (Å²) < 4.78 is 7.94. The first kappa shape index (κ1) is 18.3. The minimum absolute atomic E-state index is 0.384. The topological polar surface area (TPSA) is 39.9 Å². The van der Waals surface area contributed by atoms with Gasteiger partial charge in [0.15, 0.2) is 11.0 Å². The van der Waals surface area contributed by atoms with E-state index >= 15 is 0 Å². The lowest BCUT2D eigenvalue weighted by Gasteiger charge is -2.09. The highest BCUT2D eigenvalue weighted by Crippen LogP contribution is 2.23. The molecule has 0 amide bonds. The van der Waals surface area contributed by atoms with Crippen LogP contribution in [0.4, 0.5) is 0 Å². The van der Waals surface area contributed by atoms with Crippen molar-refractivity contribution in [3.8, 4) is 5.75 Å². The molecule has 3 aromatic rings. The van der Waals surface area contributed by atoms with Crippen molar-refractivity contribution in [1.29, 1.82) is 0 Å². The second-order valence-corrected chi connectivity index (χ2v) is 7.12. The summed E-state index contributed by atoms with van der Waals surface area (Å²) in [4.78, 5) is 0. The average molecular weight is 366 g/mol. The number of thioether (sulfide) groups is 1. The van der Waals surface area contributed by atoms with E-state index in [0.717, 1.165) is 22.5 Å². The fourth-order valence-corrected chi connectivity index (χ4v) is 3.45. The maximum atomic E-state index is 5.88. The van der Waals surface area contributed by atoms with Gasteiger partial charge in [0, 0.05) is 12.3 Å². The van der Waals surface area contributed by atoms with Crippen molar-refractivity contribution in [3.63, 3.8) is 0 Å². The lowest BCUT2D eigenvalue weighted by atomic mass is 10.2. The molecule has 2 aromatic carbocycles. The van der Waals surface area contributed by atoms with E-state index in [1.54, 1.807) is 11.8 Å². The van der Waals surface area contributed by atoms with Crippen LogP contribution in [0.5, 0.6) is 5.75 Å². The number of benzene rings is 2. The Morgan fingerprint density at radius 2 is 1.88 bits per heavy atom. The monoisotopic (exact) mass is 365 g/mol. The van der Waals surface area contributed by atoms with Gasteiger partial charge in [-0.25, -0.2) is 0 Å². The van der Waals surface area contributed by atoms with Crippen LogP contribution in [-0.4, -0.2) is 14.8 Å². The molecule has 0 bridgehead atoms. The minimum atomic E-state index is 0.384. The van der Waals surface area contributed by atoms with Crippen LogP contribution < -0.4 is 4.74 Å². The fraction of sp³-hybridized carbons (Fsp3) is 0.238. The normalized spacial score (nSPS) is 10.7. The van der Waals surface area contributed by atoms with Gasteiger partial charge in [-0.05, 0) is 37.1 Å². The molecule has 4 nitrogen and oxygen atoms in total. The summed E-state index contributed by atoms with van der Waals surface area (Å²) in [5, 5.41) is 9.55. The van der Waals surface area contributed by atoms with Crippen LogP contribution in [0, 0.1) is 13.8 Å². The van der Waals surface area contributed by atoms with Crippen molar-refractivity contribution in [2.75, 3.05) is 0 Å². The third-order valence-electron chi connectivity index (χ3n) is 3.95. The zero-order valence-corrected chi connectivity index (χ0v) is 16.0. The van der Waals surface area contributed by atoms with E-state index in [4.69, 9.17) is 4.74 Å². The second-order valence-electron chi connectivity index (χ2n) is 6.18. The van der Waals surface area contributed by atoms with Gasteiger partial charge in [-0.15, -0.1) is 16.8 Å². The van der Waals surface area contributed by atoms with Crippen molar-refractivity contribution >= 4 is 11.8 Å². The van der Waals surface area contributed by atoms with Gasteiger partial charge in [-0.1, -0.05) is 59.8 Å². The number of allylic oxidation sites excluding steroid dienone is 1. The van der Waals surface area contributed by atoms with Gasteiger partial charge in [0.05, 0.1) is 0 Å². The number of hydrogen-bond acceptors (Lipinski definition) is 4. The molecular weight excluding hydrogens is 342 g/mol. The van der Waals surface area contributed by atoms with Gasteiger partial charge >= 0.3 is 0 Å². The lowest BCUT2D eigenvalue weighted by Crippen LogP contribution is -2.07. The zero-order chi connectivity index (χ0) is 18.4. The predicted molar refractivity (Wildman–Crippen MR) is 106 cm³/mol. The smallest absolute Gasteiger partial charge is 0.191 e. The van der Waals surface area contributed by atoms with E-state index in [2.05, 4.69) is 52.5 Å². The van der Waals surface area contributed by atoms with Gasteiger partial charge in [-0.3, -0.25) is 4.57 Å². The average Bonchev–Trinajstić information content (AvgIpc) is 3.02. The number of nitrogens with zero attached hydrogens (tertiary/aromatic N) is 3. The van der Waals surface area contributed by atoms with Crippen molar-refractivity contribution < 1.29 is 4.74 Å². The summed E-state index contributed by atoms with van der Waals surface area (Å²) in [5.41, 5.74) is 3.71. The highest BCUT2D eigenvalue weighted by Gasteiger charge is 2.12. The second kappa shape index (κ2) is 8.72. The van der Waals surface area contributed by atoms with Crippen LogP contribution in [0.25, 0.3) is 0 Å². The Morgan fingerprint density at radius 3 is 2.62 bits per heavy atom. The van der Waals surface area contributed by atoms with E-state index in [9.17, 15) is 0 Å². The first-order valence-corrected chi connectivity index (χ1v) is 9.55. The van der Waals surface area contributed by atoms with Crippen LogP contribution >= 0.6 is 11.8 Å². The van der Waals surface area contributed by atoms with Crippen LogP contribution in [0.1, 0.15) is 22.5 Å². The summed E-state index contributed by atoms with van der Waals surface area (Å²) in [5.74, 6) is 2.50. The summed E-state index contributed by atoms with van der Waals surface area (Å²) >= 11 is 1.68. The standard InChI is InChI=1S/C21H23N3OS/c1-4-12-24-20(14-25-19-7-5-6-17(3)13-19)22-23-21(24)26-15-18-10-8-16(2)9-11-18/h4-11,13H,1,12,14-15H2,2-3H3. The molecule has 134 valence electrons. The Hall–Kier alpha value is -2.53. The molecule has 0 spiro atoms. The molecule has 26 heavy (non-hydrogen) atoms. The lowest BCUT2D eigenvalue weighted by molar-refractivity contribution is 0.289. The number of aryl methyl sites for hydroxylation is 2. The van der Waals surface area contributed by atoms with E-state index < -0.39 is 0 Å². The molecule has 0 N–H and O–H groups in total. The first-order valence-electron chi connectivity index (χ1n) is 8.56. The quantitative estimate of drug-likeness (QED) is 0.418. The van der Waals surface area contributed by atoms with Crippen LogP contribution in [-0.2, 0) is 18.9 Å². The highest BCUT2D eigenvalue weighted by molar-refractivity contribution is 7.98. The zero-order valence-electron chi connectivity index (χ0n) is 15.2. The van der Waals surface area contributed by atoms with Gasteiger partial charge in [0.1, 0.15) is 12.4 Å². The number of ether oxygens (including phenoxy) is 1. The Bertz CT molecular complexity index is 871. The molecule has 5 heteroatoms. The molecular formula is C21H23N3OS. The summed E-state index contributed by atoms with van der Waals surface area (Å²) in [6.45, 7) is 9.04. The largest absolute Gasteiger partial charge is 0.486 e. The SMILES string of the molecule is C=CCn1c(COc2cccc(C)c2)nnc1SCc1ccc(C)cc1. The van der Waals surface area contributed by atoms with Gasteiger partial charge in [0.2, 0.25) is 0 Å². The molecule has 3 rings (SSSR count). The van der Waals surface area contributed by atoms with Crippen LogP contribution in [0.2, 0.25) is 0 Å². The molecule has 0 aliphatic carbocycles. The molecule has 0 aliphatic rings. The highest BCUT2D eigenvalue weighted by atomic mass is 32.2. The number of aromatic nitrogens is 3. The molecule has 0 saturated heterocycles. The maximum Gasteiger partial charge on any atom is 0.191 e. The molecule has 0 fully saturated rings. The van der Waals surface area contributed by atoms with E-state index in [-0.39, 0.29) is 0 Å². The summed E-state index contributed by atoms with van der Waals surface area (Å²) in [6.07, 6.45) is 1.86. The molecule has 0 aliphatic heterocycles. The molecule has 0 saturated carbocycles. The molecule has 0 radical (unpaired) electrons. The molecule has 0 atom stereocenters. The molecule has 1 aromatic heterocycles. The third-order valence-corrected chi connectivity index (χ3v) is 4.99. The number of rotatable bonds is 8. The first-order chi connectivity index (χ1) is 12.7. The van der Waals surface area contributed by atoms with Gasteiger partial charge in [0.25, 0.3) is 0 Å². The molecule has 0 unspecified atom stereocenters. The fourth-order valence-electron chi connectivity index (χ4n) is 2.53. The Morgan fingerprint density at radius 1 is 1.08 bits per heavy atom. The Labute approximate surface area is 158 Å². The van der Waals surface area contributed by atoms with E-state index in [0.29, 0.717) is 13.2 Å². The van der Waals surface area contributed by atoms with E-state index in [1.165, 1.54) is 16.7 Å². The summed E-state index contributed by atoms with van der Waals surface area (Å²) in [6, 6.07) is 16.6. The van der Waals surface area contributed by atoms with Crippen molar-refractivity contribution in [1.82, 2.24) is 14.8 Å². The minimum Gasteiger partial charge on any atom is -0.486 e. The van der Waals surface area contributed by atoms with Crippen LogP contribution in [0.3, 0.4) is 0 Å². The third kappa shape index (κ3) is 4.76. The number of hydrogen-bond donors (Lipinski definition) is 0. The summed E-state index contributed by atoms with van der Waals surface area (Å²) in [7, 11) is 0. The van der Waals surface area contributed by atoms with Crippen molar-refractivity contribution in [2.24, 2.45) is 0 Å². The maximum absolute atomic E-state index is 5.88. The molecule has 1 heterocycles. The van der Waals surface area contributed by atoms with Crippen molar-refractivity contribution in [3.05, 3.63) is 83.7 Å². The van der Waals surface area contributed by atoms with Crippen molar-refractivity contribution in [2.45, 2.75) is 37.9 Å². The van der Waals surface area contributed by atoms with Gasteiger partial charge < -0.3 is 4.74 Å². The predicted octanol–water partition coefficient (Wildman–Crippen LogP) is 4.95. The van der Waals surface area contributed by atoms with E-state index in [1.807, 2.05) is 37.3 Å². The Balaban J connectivity index is 1.68. The Kier molecular flexibility index (Phi) is 6.12.